The molecule has 1 aliphatic heterocycles. The Kier molecular flexibility index (Phi) is 6.31. The Labute approximate surface area is 141 Å². The van der Waals surface area contributed by atoms with Crippen molar-refractivity contribution in [3.05, 3.63) is 30.3 Å². The number of amides is 2. The summed E-state index contributed by atoms with van der Waals surface area (Å²) in [6, 6.07) is 8.97. The van der Waals surface area contributed by atoms with Gasteiger partial charge in [-0.2, -0.15) is 0 Å². The molecule has 1 aromatic rings. The molecule has 1 saturated heterocycles. The second-order valence-electron chi connectivity index (χ2n) is 5.96. The van der Waals surface area contributed by atoms with Crippen molar-refractivity contribution >= 4 is 23.5 Å². The molecule has 0 spiro atoms. The molecule has 2 rings (SSSR count). The normalized spacial score (nSPS) is 16.5. The second-order valence-corrected chi connectivity index (χ2v) is 5.96. The Hall–Kier alpha value is -2.41. The zero-order valence-electron chi connectivity index (χ0n) is 13.8. The van der Waals surface area contributed by atoms with Gasteiger partial charge in [-0.3, -0.25) is 19.3 Å². The molecule has 7 heteroatoms. The van der Waals surface area contributed by atoms with Crippen LogP contribution in [0.15, 0.2) is 30.3 Å². The van der Waals surface area contributed by atoms with Crippen molar-refractivity contribution in [1.82, 2.24) is 9.80 Å². The SMILES string of the molecule is CC(=O)N1CCN(CC(CC(=O)Nc2ccccc2)C(=O)O)CC1. The van der Waals surface area contributed by atoms with Crippen LogP contribution in [-0.2, 0) is 14.4 Å². The van der Waals surface area contributed by atoms with Gasteiger partial charge in [0.15, 0.2) is 0 Å². The van der Waals surface area contributed by atoms with Gasteiger partial charge in [0.05, 0.1) is 5.92 Å². The standard InChI is InChI=1S/C17H23N3O4/c1-13(21)20-9-7-19(8-10-20)12-14(17(23)24)11-16(22)18-15-5-3-2-4-6-15/h2-6,14H,7-12H2,1H3,(H,18,22)(H,23,24). The lowest BCUT2D eigenvalue weighted by Gasteiger charge is -2.35. The molecule has 24 heavy (non-hydrogen) atoms. The van der Waals surface area contributed by atoms with Gasteiger partial charge in [-0.1, -0.05) is 18.2 Å². The van der Waals surface area contributed by atoms with Crippen LogP contribution >= 0.6 is 0 Å². The van der Waals surface area contributed by atoms with E-state index in [0.29, 0.717) is 38.4 Å². The van der Waals surface area contributed by atoms with Crippen molar-refractivity contribution in [2.75, 3.05) is 38.0 Å². The Morgan fingerprint density at radius 3 is 2.29 bits per heavy atom. The van der Waals surface area contributed by atoms with Crippen LogP contribution in [0.3, 0.4) is 0 Å². The molecule has 0 aromatic heterocycles. The number of nitrogens with zero attached hydrogens (tertiary/aromatic N) is 2. The largest absolute Gasteiger partial charge is 0.481 e. The van der Waals surface area contributed by atoms with Crippen molar-refractivity contribution in [1.29, 1.82) is 0 Å². The lowest BCUT2D eigenvalue weighted by molar-refractivity contribution is -0.144. The third kappa shape index (κ3) is 5.34. The molecule has 0 radical (unpaired) electrons. The molecule has 7 nitrogen and oxygen atoms in total. The molecule has 1 aliphatic rings. The summed E-state index contributed by atoms with van der Waals surface area (Å²) >= 11 is 0. The number of benzene rings is 1. The van der Waals surface area contributed by atoms with Crippen LogP contribution in [0.25, 0.3) is 0 Å². The maximum Gasteiger partial charge on any atom is 0.308 e. The molecular formula is C17H23N3O4. The highest BCUT2D eigenvalue weighted by molar-refractivity contribution is 5.93. The van der Waals surface area contributed by atoms with E-state index < -0.39 is 11.9 Å². The molecule has 130 valence electrons. The predicted molar refractivity (Wildman–Crippen MR) is 89.5 cm³/mol. The number of nitrogens with one attached hydrogen (secondary N) is 1. The van der Waals surface area contributed by atoms with Gasteiger partial charge in [0.1, 0.15) is 0 Å². The monoisotopic (exact) mass is 333 g/mol. The molecule has 0 bridgehead atoms. The first-order valence-corrected chi connectivity index (χ1v) is 8.01. The highest BCUT2D eigenvalue weighted by atomic mass is 16.4. The average molecular weight is 333 g/mol. The molecule has 1 fully saturated rings. The number of carboxylic acids is 1. The molecule has 1 aromatic carbocycles. The van der Waals surface area contributed by atoms with Crippen LogP contribution in [0.1, 0.15) is 13.3 Å². The molecule has 1 unspecified atom stereocenters. The van der Waals surface area contributed by atoms with Crippen molar-refractivity contribution in [2.45, 2.75) is 13.3 Å². The van der Waals surface area contributed by atoms with Gasteiger partial charge in [-0.25, -0.2) is 0 Å². The van der Waals surface area contributed by atoms with Gasteiger partial charge in [-0.05, 0) is 12.1 Å². The molecule has 1 heterocycles. The van der Waals surface area contributed by atoms with Gasteiger partial charge < -0.3 is 15.3 Å². The number of carboxylic acid groups (broad SMARTS) is 1. The molecule has 0 saturated carbocycles. The summed E-state index contributed by atoms with van der Waals surface area (Å²) in [5, 5.41) is 12.1. The van der Waals surface area contributed by atoms with Crippen molar-refractivity contribution in [3.63, 3.8) is 0 Å². The fourth-order valence-electron chi connectivity index (χ4n) is 2.74. The average Bonchev–Trinajstić information content (AvgIpc) is 2.55. The Morgan fingerprint density at radius 2 is 1.75 bits per heavy atom. The number of hydrogen-bond acceptors (Lipinski definition) is 4. The van der Waals surface area contributed by atoms with E-state index in [-0.39, 0.29) is 18.2 Å². The summed E-state index contributed by atoms with van der Waals surface area (Å²) in [5.74, 6) is -2.02. The van der Waals surface area contributed by atoms with E-state index >= 15 is 0 Å². The third-order valence-electron chi connectivity index (χ3n) is 4.13. The van der Waals surface area contributed by atoms with Crippen LogP contribution in [0.4, 0.5) is 5.69 Å². The molecule has 0 aliphatic carbocycles. The van der Waals surface area contributed by atoms with Crippen molar-refractivity contribution in [2.24, 2.45) is 5.92 Å². The summed E-state index contributed by atoms with van der Waals surface area (Å²) < 4.78 is 0. The highest BCUT2D eigenvalue weighted by Crippen LogP contribution is 2.12. The lowest BCUT2D eigenvalue weighted by atomic mass is 10.0. The Morgan fingerprint density at radius 1 is 1.12 bits per heavy atom. The minimum absolute atomic E-state index is 0.0340. The smallest absolute Gasteiger partial charge is 0.308 e. The molecular weight excluding hydrogens is 310 g/mol. The lowest BCUT2D eigenvalue weighted by Crippen LogP contribution is -2.50. The van der Waals surface area contributed by atoms with Gasteiger partial charge in [0.2, 0.25) is 11.8 Å². The van der Waals surface area contributed by atoms with E-state index in [1.807, 2.05) is 11.0 Å². The number of para-hydroxylation sites is 1. The summed E-state index contributed by atoms with van der Waals surface area (Å²) in [4.78, 5) is 38.6. The van der Waals surface area contributed by atoms with Gasteiger partial charge in [0, 0.05) is 51.8 Å². The third-order valence-corrected chi connectivity index (χ3v) is 4.13. The quantitative estimate of drug-likeness (QED) is 0.806. The van der Waals surface area contributed by atoms with E-state index in [4.69, 9.17) is 0 Å². The van der Waals surface area contributed by atoms with Crippen LogP contribution in [0.5, 0.6) is 0 Å². The van der Waals surface area contributed by atoms with Crippen molar-refractivity contribution < 1.29 is 19.5 Å². The molecule has 2 N–H and O–H groups in total. The summed E-state index contributed by atoms with van der Waals surface area (Å²) in [7, 11) is 0. The Balaban J connectivity index is 1.85. The van der Waals surface area contributed by atoms with Crippen LogP contribution < -0.4 is 5.32 Å². The summed E-state index contributed by atoms with van der Waals surface area (Å²) in [5.41, 5.74) is 0.654. The fourth-order valence-corrected chi connectivity index (χ4v) is 2.74. The van der Waals surface area contributed by atoms with E-state index in [0.717, 1.165) is 0 Å². The topological polar surface area (TPSA) is 90.0 Å². The maximum atomic E-state index is 12.1. The first kappa shape index (κ1) is 17.9. The number of piperazine rings is 1. The number of carbonyl (C=O) groups excluding carboxylic acids is 2. The van der Waals surface area contributed by atoms with E-state index in [1.165, 1.54) is 6.92 Å². The van der Waals surface area contributed by atoms with E-state index in [1.54, 1.807) is 29.2 Å². The van der Waals surface area contributed by atoms with E-state index in [2.05, 4.69) is 5.32 Å². The second kappa shape index (κ2) is 8.44. The minimum Gasteiger partial charge on any atom is -0.481 e. The summed E-state index contributed by atoms with van der Waals surface area (Å²) in [6.07, 6.45) is -0.0723. The maximum absolute atomic E-state index is 12.1. The van der Waals surface area contributed by atoms with Crippen LogP contribution in [0, 0.1) is 5.92 Å². The number of rotatable bonds is 6. The molecule has 1 atom stereocenters. The Bertz CT molecular complexity index is 583. The minimum atomic E-state index is -0.979. The fraction of sp³-hybridized carbons (Fsp3) is 0.471. The first-order chi connectivity index (χ1) is 11.5. The van der Waals surface area contributed by atoms with Gasteiger partial charge >= 0.3 is 5.97 Å². The number of aliphatic carboxylic acids is 1. The summed E-state index contributed by atoms with van der Waals surface area (Å²) in [6.45, 7) is 4.29. The predicted octanol–water partition coefficient (Wildman–Crippen LogP) is 0.880. The zero-order valence-corrected chi connectivity index (χ0v) is 13.8. The van der Waals surface area contributed by atoms with Gasteiger partial charge in [-0.15, -0.1) is 0 Å². The zero-order chi connectivity index (χ0) is 17.5. The molecule has 2 amide bonds. The number of anilines is 1. The van der Waals surface area contributed by atoms with Crippen molar-refractivity contribution in [3.8, 4) is 0 Å². The number of carbonyl (C=O) groups is 3. The van der Waals surface area contributed by atoms with Gasteiger partial charge in [0.25, 0.3) is 0 Å². The highest BCUT2D eigenvalue weighted by Gasteiger charge is 2.26. The van der Waals surface area contributed by atoms with Crippen LogP contribution in [-0.4, -0.2) is 65.4 Å². The number of hydrogen-bond donors (Lipinski definition) is 2. The van der Waals surface area contributed by atoms with E-state index in [9.17, 15) is 19.5 Å². The first-order valence-electron chi connectivity index (χ1n) is 8.01. The van der Waals surface area contributed by atoms with Crippen LogP contribution in [0.2, 0.25) is 0 Å².